The van der Waals surface area contributed by atoms with Crippen molar-refractivity contribution in [3.8, 4) is 0 Å². The summed E-state index contributed by atoms with van der Waals surface area (Å²) in [6, 6.07) is -0.745. The van der Waals surface area contributed by atoms with Crippen LogP contribution in [0.1, 0.15) is 33.6 Å². The van der Waals surface area contributed by atoms with E-state index < -0.39 is 19.8 Å². The van der Waals surface area contributed by atoms with Gasteiger partial charge in [0.2, 0.25) is 0 Å². The Bertz CT molecular complexity index is 285. The smallest absolute Gasteiger partial charge is 0.405 e. The average molecular weight is 281 g/mol. The minimum absolute atomic E-state index is 0.359. The van der Waals surface area contributed by atoms with E-state index in [1.165, 1.54) is 14.2 Å². The van der Waals surface area contributed by atoms with Crippen molar-refractivity contribution in [1.29, 1.82) is 0 Å². The summed E-state index contributed by atoms with van der Waals surface area (Å²) in [5.41, 5.74) is 0. The summed E-state index contributed by atoms with van der Waals surface area (Å²) in [6.45, 7) is 6.03. The number of hydrogen-bond donors (Lipinski definition) is 1. The van der Waals surface area contributed by atoms with Crippen LogP contribution in [0.5, 0.6) is 0 Å². The first-order valence-electron chi connectivity index (χ1n) is 6.08. The molecule has 0 bridgehead atoms. The Morgan fingerprint density at radius 3 is 2.11 bits per heavy atom. The van der Waals surface area contributed by atoms with E-state index in [0.717, 1.165) is 12.8 Å². The topological polar surface area (TPSA) is 73.9 Å². The van der Waals surface area contributed by atoms with Crippen molar-refractivity contribution in [3.63, 3.8) is 0 Å². The third kappa shape index (κ3) is 5.96. The van der Waals surface area contributed by atoms with Gasteiger partial charge in [-0.3, -0.25) is 4.79 Å². The zero-order valence-electron chi connectivity index (χ0n) is 11.8. The van der Waals surface area contributed by atoms with E-state index in [9.17, 15) is 9.36 Å². The molecule has 0 amide bonds. The fourth-order valence-electron chi connectivity index (χ4n) is 1.32. The van der Waals surface area contributed by atoms with Crippen LogP contribution < -0.4 is 5.09 Å². The Labute approximate surface area is 109 Å². The Morgan fingerprint density at radius 1 is 1.22 bits per heavy atom. The van der Waals surface area contributed by atoms with Crippen LogP contribution in [0.15, 0.2) is 0 Å². The first-order valence-corrected chi connectivity index (χ1v) is 7.62. The molecule has 0 aromatic heterocycles. The molecule has 1 atom stereocenters. The summed E-state index contributed by atoms with van der Waals surface area (Å²) >= 11 is 0. The lowest BCUT2D eigenvalue weighted by molar-refractivity contribution is -0.146. The van der Waals surface area contributed by atoms with Crippen LogP contribution in [0.3, 0.4) is 0 Å². The van der Waals surface area contributed by atoms with Gasteiger partial charge in [0.25, 0.3) is 0 Å². The highest BCUT2D eigenvalue weighted by molar-refractivity contribution is 7.51. The highest BCUT2D eigenvalue weighted by Gasteiger charge is 2.28. The number of hydrogen-bond acceptors (Lipinski definition) is 5. The van der Waals surface area contributed by atoms with Gasteiger partial charge in [-0.25, -0.2) is 9.65 Å². The van der Waals surface area contributed by atoms with E-state index in [-0.39, 0.29) is 0 Å². The number of carbonyl (C=O) groups excluding carboxylic acids is 1. The standard InChI is InChI=1S/C11H24NO5P/c1-6-10(7-2)8-17-11(13)9(3)12-18(14,15-4)16-5/h9-10H,6-8H2,1-5H3,(H,12,14)/t9-/m0/s1. The molecule has 0 spiro atoms. The van der Waals surface area contributed by atoms with Crippen LogP contribution in [0.25, 0.3) is 0 Å². The second kappa shape index (κ2) is 8.64. The molecule has 0 aromatic rings. The normalized spacial score (nSPS) is 13.7. The molecule has 0 unspecified atom stereocenters. The van der Waals surface area contributed by atoms with Crippen LogP contribution in [-0.2, 0) is 23.1 Å². The molecule has 0 aliphatic heterocycles. The average Bonchev–Trinajstić information content (AvgIpc) is 2.39. The molecule has 0 saturated carbocycles. The molecular formula is C11H24NO5P. The van der Waals surface area contributed by atoms with E-state index in [4.69, 9.17) is 13.8 Å². The van der Waals surface area contributed by atoms with Gasteiger partial charge >= 0.3 is 13.7 Å². The summed E-state index contributed by atoms with van der Waals surface area (Å²) in [7, 11) is -0.904. The predicted molar refractivity (Wildman–Crippen MR) is 69.3 cm³/mol. The zero-order valence-corrected chi connectivity index (χ0v) is 12.7. The van der Waals surface area contributed by atoms with Gasteiger partial charge in [0, 0.05) is 14.2 Å². The van der Waals surface area contributed by atoms with Crippen LogP contribution >= 0.6 is 7.75 Å². The van der Waals surface area contributed by atoms with Crippen LogP contribution in [-0.4, -0.2) is 32.8 Å². The van der Waals surface area contributed by atoms with Crippen molar-refractivity contribution >= 4 is 13.7 Å². The van der Waals surface area contributed by atoms with Gasteiger partial charge in [0.1, 0.15) is 6.04 Å². The maximum absolute atomic E-state index is 11.8. The van der Waals surface area contributed by atoms with Gasteiger partial charge < -0.3 is 13.8 Å². The number of esters is 1. The molecule has 0 heterocycles. The summed E-state index contributed by atoms with van der Waals surface area (Å²) in [5, 5.41) is 2.49. The number of ether oxygens (including phenoxy) is 1. The van der Waals surface area contributed by atoms with Crippen LogP contribution in [0.2, 0.25) is 0 Å². The minimum atomic E-state index is -3.40. The molecule has 1 N–H and O–H groups in total. The molecule has 0 radical (unpaired) electrons. The summed E-state index contributed by atoms with van der Waals surface area (Å²) in [5.74, 6) is -0.103. The highest BCUT2D eigenvalue weighted by atomic mass is 31.2. The minimum Gasteiger partial charge on any atom is -0.464 e. The molecule has 0 fully saturated rings. The largest absolute Gasteiger partial charge is 0.464 e. The van der Waals surface area contributed by atoms with Gasteiger partial charge in [-0.05, 0) is 12.8 Å². The third-order valence-electron chi connectivity index (χ3n) is 2.80. The molecule has 6 nitrogen and oxygen atoms in total. The quantitative estimate of drug-likeness (QED) is 0.516. The van der Waals surface area contributed by atoms with E-state index in [1.54, 1.807) is 6.92 Å². The van der Waals surface area contributed by atoms with Crippen molar-refractivity contribution in [2.45, 2.75) is 39.7 Å². The van der Waals surface area contributed by atoms with E-state index >= 15 is 0 Å². The molecule has 0 aromatic carbocycles. The zero-order chi connectivity index (χ0) is 14.2. The van der Waals surface area contributed by atoms with Gasteiger partial charge in [-0.2, -0.15) is 0 Å². The second-order valence-corrected chi connectivity index (χ2v) is 6.01. The van der Waals surface area contributed by atoms with E-state index in [2.05, 4.69) is 5.09 Å². The summed E-state index contributed by atoms with van der Waals surface area (Å²) < 4.78 is 26.3. The first kappa shape index (κ1) is 17.6. The molecule has 0 rings (SSSR count). The molecule has 0 aliphatic rings. The van der Waals surface area contributed by atoms with Crippen molar-refractivity contribution in [3.05, 3.63) is 0 Å². The lowest BCUT2D eigenvalue weighted by Crippen LogP contribution is -2.34. The molecule has 0 saturated heterocycles. The summed E-state index contributed by atoms with van der Waals surface area (Å²) in [4.78, 5) is 11.7. The number of rotatable bonds is 9. The van der Waals surface area contributed by atoms with Crippen molar-refractivity contribution < 1.29 is 23.1 Å². The SMILES string of the molecule is CCC(CC)COC(=O)[C@H](C)NP(=O)(OC)OC. The monoisotopic (exact) mass is 281 g/mol. The Morgan fingerprint density at radius 2 is 1.72 bits per heavy atom. The Kier molecular flexibility index (Phi) is 8.44. The maximum atomic E-state index is 11.8. The van der Waals surface area contributed by atoms with Gasteiger partial charge in [0.15, 0.2) is 0 Å². The predicted octanol–water partition coefficient (Wildman–Crippen LogP) is 2.34. The Hall–Kier alpha value is -0.420. The summed E-state index contributed by atoms with van der Waals surface area (Å²) in [6.07, 6.45) is 1.92. The third-order valence-corrected chi connectivity index (χ3v) is 4.47. The van der Waals surface area contributed by atoms with Crippen LogP contribution in [0.4, 0.5) is 0 Å². The fraction of sp³-hybridized carbons (Fsp3) is 0.909. The van der Waals surface area contributed by atoms with Crippen molar-refractivity contribution in [1.82, 2.24) is 5.09 Å². The van der Waals surface area contributed by atoms with E-state index in [1.807, 2.05) is 13.8 Å². The van der Waals surface area contributed by atoms with Gasteiger partial charge in [-0.15, -0.1) is 0 Å². The maximum Gasteiger partial charge on any atom is 0.405 e. The van der Waals surface area contributed by atoms with E-state index in [0.29, 0.717) is 12.5 Å². The van der Waals surface area contributed by atoms with Gasteiger partial charge in [0.05, 0.1) is 6.61 Å². The molecule has 18 heavy (non-hydrogen) atoms. The molecule has 7 heteroatoms. The highest BCUT2D eigenvalue weighted by Crippen LogP contribution is 2.41. The second-order valence-electron chi connectivity index (χ2n) is 4.03. The first-order chi connectivity index (χ1) is 8.42. The lowest BCUT2D eigenvalue weighted by atomic mass is 10.1. The molecule has 108 valence electrons. The van der Waals surface area contributed by atoms with Crippen molar-refractivity contribution in [2.75, 3.05) is 20.8 Å². The molecular weight excluding hydrogens is 257 g/mol. The number of carbonyl (C=O) groups is 1. The number of nitrogens with one attached hydrogen (secondary N) is 1. The van der Waals surface area contributed by atoms with Gasteiger partial charge in [-0.1, -0.05) is 26.7 Å². The lowest BCUT2D eigenvalue weighted by Gasteiger charge is -2.20. The Balaban J connectivity index is 4.22. The molecule has 0 aliphatic carbocycles. The van der Waals surface area contributed by atoms with Crippen LogP contribution in [0, 0.1) is 5.92 Å². The fourth-order valence-corrected chi connectivity index (χ4v) is 2.26. The van der Waals surface area contributed by atoms with Crippen molar-refractivity contribution in [2.24, 2.45) is 5.92 Å².